The Kier molecular flexibility index (Phi) is 3.91. The summed E-state index contributed by atoms with van der Waals surface area (Å²) in [5, 5.41) is 7.65. The van der Waals surface area contributed by atoms with Crippen LogP contribution in [0.5, 0.6) is 5.75 Å². The average molecular weight is 252 g/mol. The van der Waals surface area contributed by atoms with Gasteiger partial charge in [0.1, 0.15) is 17.7 Å². The van der Waals surface area contributed by atoms with Crippen LogP contribution in [0.3, 0.4) is 0 Å². The highest BCUT2D eigenvalue weighted by molar-refractivity contribution is 7.98. The van der Waals surface area contributed by atoms with Crippen LogP contribution < -0.4 is 10.5 Å². The first-order chi connectivity index (χ1) is 8.22. The second-order valence-electron chi connectivity index (χ2n) is 3.85. The lowest BCUT2D eigenvalue weighted by Crippen LogP contribution is -2.20. The highest BCUT2D eigenvalue weighted by Crippen LogP contribution is 2.29. The van der Waals surface area contributed by atoms with E-state index in [9.17, 15) is 0 Å². The predicted octanol–water partition coefficient (Wildman–Crippen LogP) is 1.86. The molecule has 0 saturated carbocycles. The highest BCUT2D eigenvalue weighted by atomic mass is 32.2. The van der Waals surface area contributed by atoms with Crippen molar-refractivity contribution in [1.82, 2.24) is 0 Å². The number of benzene rings is 1. The minimum atomic E-state index is 0.0452. The van der Waals surface area contributed by atoms with E-state index in [2.05, 4.69) is 0 Å². The molecule has 3 N–H and O–H groups in total. The van der Waals surface area contributed by atoms with Crippen LogP contribution in [0.4, 0.5) is 0 Å². The van der Waals surface area contributed by atoms with Crippen LogP contribution in [0.1, 0.15) is 12.0 Å². The zero-order valence-corrected chi connectivity index (χ0v) is 10.5. The molecule has 0 amide bonds. The summed E-state index contributed by atoms with van der Waals surface area (Å²) < 4.78 is 11.1. The molecule has 4 nitrogen and oxygen atoms in total. The molecule has 0 radical (unpaired) electrons. The molecule has 1 aliphatic rings. The zero-order chi connectivity index (χ0) is 12.3. The van der Waals surface area contributed by atoms with E-state index in [0.717, 1.165) is 17.9 Å². The average Bonchev–Trinajstić information content (AvgIpc) is 2.81. The normalized spacial score (nSPS) is 19.2. The number of nitrogen functional groups attached to an aromatic ring is 1. The summed E-state index contributed by atoms with van der Waals surface area (Å²) in [4.78, 5) is 0.967. The lowest BCUT2D eigenvalue weighted by atomic mass is 10.2. The van der Waals surface area contributed by atoms with Crippen LogP contribution in [-0.2, 0) is 4.74 Å². The number of nitrogens with one attached hydrogen (secondary N) is 1. The number of rotatable bonds is 4. The molecule has 0 spiro atoms. The fraction of sp³-hybridized carbons (Fsp3) is 0.417. The first-order valence-corrected chi connectivity index (χ1v) is 6.70. The van der Waals surface area contributed by atoms with E-state index in [0.29, 0.717) is 17.9 Å². The molecule has 1 aromatic rings. The van der Waals surface area contributed by atoms with Crippen molar-refractivity contribution < 1.29 is 9.47 Å². The Labute approximate surface area is 105 Å². The molecule has 1 heterocycles. The molecular weight excluding hydrogens is 236 g/mol. The summed E-state index contributed by atoms with van der Waals surface area (Å²) in [6.07, 6.45) is 2.93. The van der Waals surface area contributed by atoms with Crippen LogP contribution >= 0.6 is 11.8 Å². The molecule has 0 aliphatic carbocycles. The van der Waals surface area contributed by atoms with Crippen molar-refractivity contribution in [2.75, 3.05) is 19.5 Å². The first-order valence-electron chi connectivity index (χ1n) is 5.48. The number of ether oxygens (including phenoxy) is 2. The van der Waals surface area contributed by atoms with E-state index in [1.807, 2.05) is 24.5 Å². The van der Waals surface area contributed by atoms with Crippen molar-refractivity contribution >= 4 is 17.6 Å². The smallest absolute Gasteiger partial charge is 0.131 e. The first kappa shape index (κ1) is 12.3. The third kappa shape index (κ3) is 2.73. The van der Waals surface area contributed by atoms with Crippen molar-refractivity contribution in [1.29, 1.82) is 5.41 Å². The summed E-state index contributed by atoms with van der Waals surface area (Å²) in [5.41, 5.74) is 6.31. The minimum absolute atomic E-state index is 0.0452. The van der Waals surface area contributed by atoms with E-state index in [1.54, 1.807) is 11.8 Å². The van der Waals surface area contributed by atoms with Gasteiger partial charge in [0, 0.05) is 11.3 Å². The van der Waals surface area contributed by atoms with E-state index < -0.39 is 0 Å². The van der Waals surface area contributed by atoms with Crippen LogP contribution in [-0.4, -0.2) is 31.4 Å². The molecule has 1 aromatic carbocycles. The molecule has 1 saturated heterocycles. The molecule has 1 unspecified atom stereocenters. The number of nitrogens with two attached hydrogens (primary N) is 1. The Hall–Kier alpha value is -1.20. The molecule has 1 fully saturated rings. The maximum Gasteiger partial charge on any atom is 0.131 e. The van der Waals surface area contributed by atoms with Gasteiger partial charge in [-0.1, -0.05) is 6.07 Å². The standard InChI is InChI=1S/C12H16N2O2S/c1-17-10-4-2-3-9(11(10)12(13)14)16-8-5-6-15-7-8/h2-4,8H,5-7H2,1H3,(H3,13,14). The Bertz CT molecular complexity index is 417. The SMILES string of the molecule is CSc1cccc(OC2CCOC2)c1C(=N)N. The Morgan fingerprint density at radius 3 is 3.00 bits per heavy atom. The van der Waals surface area contributed by atoms with E-state index in [4.69, 9.17) is 20.6 Å². The molecule has 2 rings (SSSR count). The Morgan fingerprint density at radius 1 is 1.59 bits per heavy atom. The van der Waals surface area contributed by atoms with Crippen molar-refractivity contribution in [3.8, 4) is 5.75 Å². The summed E-state index contributed by atoms with van der Waals surface area (Å²) in [5.74, 6) is 0.726. The lowest BCUT2D eigenvalue weighted by molar-refractivity contribution is 0.141. The minimum Gasteiger partial charge on any atom is -0.487 e. The van der Waals surface area contributed by atoms with Gasteiger partial charge in [-0.05, 0) is 18.4 Å². The quantitative estimate of drug-likeness (QED) is 0.487. The third-order valence-electron chi connectivity index (χ3n) is 2.66. The van der Waals surface area contributed by atoms with Crippen molar-refractivity contribution in [3.05, 3.63) is 23.8 Å². The van der Waals surface area contributed by atoms with Gasteiger partial charge in [0.05, 0.1) is 18.8 Å². The monoisotopic (exact) mass is 252 g/mol. The number of hydrogen-bond acceptors (Lipinski definition) is 4. The van der Waals surface area contributed by atoms with Gasteiger partial charge in [-0.25, -0.2) is 0 Å². The molecule has 1 aliphatic heterocycles. The third-order valence-corrected chi connectivity index (χ3v) is 3.44. The second-order valence-corrected chi connectivity index (χ2v) is 4.70. The summed E-state index contributed by atoms with van der Waals surface area (Å²) in [6, 6.07) is 5.72. The van der Waals surface area contributed by atoms with Crippen molar-refractivity contribution in [2.24, 2.45) is 5.73 Å². The zero-order valence-electron chi connectivity index (χ0n) is 9.73. The Morgan fingerprint density at radius 2 is 2.41 bits per heavy atom. The van der Waals surface area contributed by atoms with Gasteiger partial charge < -0.3 is 15.2 Å². The van der Waals surface area contributed by atoms with Crippen molar-refractivity contribution in [3.63, 3.8) is 0 Å². The van der Waals surface area contributed by atoms with Crippen LogP contribution in [0.2, 0.25) is 0 Å². The topological polar surface area (TPSA) is 68.3 Å². The van der Waals surface area contributed by atoms with Crippen LogP contribution in [0, 0.1) is 5.41 Å². The summed E-state index contributed by atoms with van der Waals surface area (Å²) in [7, 11) is 0. The summed E-state index contributed by atoms with van der Waals surface area (Å²) in [6.45, 7) is 1.35. The molecule has 92 valence electrons. The fourth-order valence-corrected chi connectivity index (χ4v) is 2.46. The van der Waals surface area contributed by atoms with E-state index >= 15 is 0 Å². The second kappa shape index (κ2) is 5.42. The van der Waals surface area contributed by atoms with Gasteiger partial charge >= 0.3 is 0 Å². The molecule has 1 atom stereocenters. The molecular formula is C12H16N2O2S. The van der Waals surface area contributed by atoms with Gasteiger partial charge in [-0.3, -0.25) is 5.41 Å². The van der Waals surface area contributed by atoms with Gasteiger partial charge in [0.25, 0.3) is 0 Å². The number of thioether (sulfide) groups is 1. The van der Waals surface area contributed by atoms with E-state index in [1.165, 1.54) is 0 Å². The number of hydrogen-bond donors (Lipinski definition) is 2. The van der Waals surface area contributed by atoms with Gasteiger partial charge in [-0.15, -0.1) is 11.8 Å². The maximum atomic E-state index is 7.65. The molecule has 0 bridgehead atoms. The molecule has 17 heavy (non-hydrogen) atoms. The van der Waals surface area contributed by atoms with Gasteiger partial charge in [0.2, 0.25) is 0 Å². The molecule has 5 heteroatoms. The Balaban J connectivity index is 2.28. The lowest BCUT2D eigenvalue weighted by Gasteiger charge is -2.16. The van der Waals surface area contributed by atoms with Crippen LogP contribution in [0.15, 0.2) is 23.1 Å². The van der Waals surface area contributed by atoms with Crippen LogP contribution in [0.25, 0.3) is 0 Å². The maximum absolute atomic E-state index is 7.65. The van der Waals surface area contributed by atoms with Gasteiger partial charge in [-0.2, -0.15) is 0 Å². The highest BCUT2D eigenvalue weighted by Gasteiger charge is 2.20. The molecule has 0 aromatic heterocycles. The largest absolute Gasteiger partial charge is 0.487 e. The van der Waals surface area contributed by atoms with E-state index in [-0.39, 0.29) is 11.9 Å². The summed E-state index contributed by atoms with van der Waals surface area (Å²) >= 11 is 1.56. The van der Waals surface area contributed by atoms with Gasteiger partial charge in [0.15, 0.2) is 0 Å². The van der Waals surface area contributed by atoms with Crippen molar-refractivity contribution in [2.45, 2.75) is 17.4 Å². The fourth-order valence-electron chi connectivity index (χ4n) is 1.83. The number of amidine groups is 1. The predicted molar refractivity (Wildman–Crippen MR) is 69.1 cm³/mol.